The van der Waals surface area contributed by atoms with Crippen LogP contribution in [0.1, 0.15) is 60.3 Å². The van der Waals surface area contributed by atoms with Crippen LogP contribution >= 0.6 is 0 Å². The Hall–Kier alpha value is -2.05. The molecule has 6 nitrogen and oxygen atoms in total. The molecule has 172 valence electrons. The normalized spacial score (nSPS) is 43.4. The number of fused-ring (bicyclic) bond motifs is 7. The van der Waals surface area contributed by atoms with Gasteiger partial charge in [0.05, 0.1) is 6.10 Å². The molecule has 2 saturated carbocycles. The minimum atomic E-state index is -1.14. The summed E-state index contributed by atoms with van der Waals surface area (Å²) in [7, 11) is 0. The van der Waals surface area contributed by atoms with Crippen LogP contribution in [0.4, 0.5) is 0 Å². The lowest BCUT2D eigenvalue weighted by atomic mass is 9.51. The molecule has 0 aromatic carbocycles. The van der Waals surface area contributed by atoms with Gasteiger partial charge in [0.1, 0.15) is 0 Å². The van der Waals surface area contributed by atoms with Crippen LogP contribution in [-0.4, -0.2) is 41.6 Å². The lowest BCUT2D eigenvalue weighted by Crippen LogP contribution is -2.59. The fourth-order valence-electron chi connectivity index (χ4n) is 7.40. The average Bonchev–Trinajstić information content (AvgIpc) is 3.12. The first kappa shape index (κ1) is 21.8. The van der Waals surface area contributed by atoms with Gasteiger partial charge in [0, 0.05) is 17.8 Å². The molecule has 1 heterocycles. The Morgan fingerprint density at radius 2 is 1.97 bits per heavy atom. The van der Waals surface area contributed by atoms with E-state index in [1.165, 1.54) is 18.1 Å². The van der Waals surface area contributed by atoms with Gasteiger partial charge in [-0.2, -0.15) is 0 Å². The van der Waals surface area contributed by atoms with Crippen LogP contribution < -0.4 is 0 Å². The Morgan fingerprint density at radius 3 is 2.69 bits per heavy atom. The highest BCUT2D eigenvalue weighted by atomic mass is 16.8. The third kappa shape index (κ3) is 2.75. The van der Waals surface area contributed by atoms with Gasteiger partial charge in [0.25, 0.3) is 0 Å². The summed E-state index contributed by atoms with van der Waals surface area (Å²) in [4.78, 5) is 37.0. The Kier molecular flexibility index (Phi) is 4.58. The van der Waals surface area contributed by atoms with Crippen LogP contribution in [-0.2, 0) is 28.6 Å². The minimum Gasteiger partial charge on any atom is -0.458 e. The number of ether oxygens (including phenoxy) is 3. The quantitative estimate of drug-likeness (QED) is 0.490. The zero-order valence-electron chi connectivity index (χ0n) is 19.5. The number of ketones is 2. The standard InChI is InChI=1S/C26H32O6/c1-15(27)30-14-21(29)26-22(31-23(2,3)32-26)13-20-18-7-6-16-12-17(28)8-10-24(16,4)19(18)9-11-25(20,26)5/h8-10,12,18,20,22H,6-7,11,13-14H2,1-5H3/t18-,20+,22?,24+,25+,26+/m1/s1. The highest BCUT2D eigenvalue weighted by Gasteiger charge is 2.74. The first-order valence-corrected chi connectivity index (χ1v) is 11.6. The summed E-state index contributed by atoms with van der Waals surface area (Å²) in [6.07, 6.45) is 10.7. The summed E-state index contributed by atoms with van der Waals surface area (Å²) in [5.41, 5.74) is 0.675. The Bertz CT molecular complexity index is 1000. The molecule has 0 aromatic rings. The number of hydrogen-bond acceptors (Lipinski definition) is 6. The number of hydrogen-bond donors (Lipinski definition) is 0. The van der Waals surface area contributed by atoms with E-state index in [9.17, 15) is 14.4 Å². The van der Waals surface area contributed by atoms with Crippen LogP contribution in [0.2, 0.25) is 0 Å². The van der Waals surface area contributed by atoms with E-state index >= 15 is 0 Å². The lowest BCUT2D eigenvalue weighted by Gasteiger charge is -2.54. The maximum absolute atomic E-state index is 13.6. The van der Waals surface area contributed by atoms with Crippen molar-refractivity contribution >= 4 is 17.5 Å². The van der Waals surface area contributed by atoms with Crippen molar-refractivity contribution < 1.29 is 28.6 Å². The molecule has 0 N–H and O–H groups in total. The summed E-state index contributed by atoms with van der Waals surface area (Å²) in [5, 5.41) is 0. The molecule has 1 aliphatic heterocycles. The van der Waals surface area contributed by atoms with Crippen molar-refractivity contribution in [2.75, 3.05) is 6.61 Å². The van der Waals surface area contributed by atoms with Crippen molar-refractivity contribution in [3.05, 3.63) is 35.5 Å². The van der Waals surface area contributed by atoms with Gasteiger partial charge in [0.2, 0.25) is 5.78 Å². The van der Waals surface area contributed by atoms with E-state index < -0.39 is 22.8 Å². The Labute approximate surface area is 189 Å². The van der Waals surface area contributed by atoms with Gasteiger partial charge >= 0.3 is 5.97 Å². The second-order valence-corrected chi connectivity index (χ2v) is 10.9. The van der Waals surface area contributed by atoms with Crippen molar-refractivity contribution in [1.29, 1.82) is 0 Å². The monoisotopic (exact) mass is 440 g/mol. The predicted octanol–water partition coefficient (Wildman–Crippen LogP) is 3.85. The molecule has 32 heavy (non-hydrogen) atoms. The number of carbonyl (C=O) groups excluding carboxylic acids is 3. The number of carbonyl (C=O) groups is 3. The maximum Gasteiger partial charge on any atom is 0.303 e. The second-order valence-electron chi connectivity index (χ2n) is 10.9. The van der Waals surface area contributed by atoms with Crippen molar-refractivity contribution in [3.63, 3.8) is 0 Å². The van der Waals surface area contributed by atoms with Crippen LogP contribution in [0.25, 0.3) is 0 Å². The molecule has 3 fully saturated rings. The van der Waals surface area contributed by atoms with Gasteiger partial charge in [-0.15, -0.1) is 0 Å². The molecule has 6 atom stereocenters. The summed E-state index contributed by atoms with van der Waals surface area (Å²) in [6, 6.07) is 0. The fraction of sp³-hybridized carbons (Fsp3) is 0.654. The molecule has 0 aromatic heterocycles. The van der Waals surface area contributed by atoms with E-state index in [-0.39, 0.29) is 41.5 Å². The Balaban J connectivity index is 1.57. The van der Waals surface area contributed by atoms with Crippen molar-refractivity contribution in [2.24, 2.45) is 22.7 Å². The van der Waals surface area contributed by atoms with Crippen molar-refractivity contribution in [3.8, 4) is 0 Å². The van der Waals surface area contributed by atoms with Crippen LogP contribution in [0.3, 0.4) is 0 Å². The topological polar surface area (TPSA) is 78.9 Å². The van der Waals surface area contributed by atoms with E-state index in [1.54, 1.807) is 12.2 Å². The van der Waals surface area contributed by atoms with Crippen LogP contribution in [0.15, 0.2) is 35.5 Å². The second kappa shape index (κ2) is 6.73. The zero-order chi connectivity index (χ0) is 23.1. The molecule has 0 radical (unpaired) electrons. The molecular weight excluding hydrogens is 408 g/mol. The molecule has 1 unspecified atom stereocenters. The largest absolute Gasteiger partial charge is 0.458 e. The van der Waals surface area contributed by atoms with Crippen molar-refractivity contribution in [1.82, 2.24) is 0 Å². The SMILES string of the molecule is CC(=O)OCC(=O)[C@]12OC(C)(C)OC1C[C@H]1[C@@H]3CCC4=CC(=O)C=C[C@]4(C)C3=CC[C@@]12C. The van der Waals surface area contributed by atoms with Gasteiger partial charge in [-0.05, 0) is 70.4 Å². The fourth-order valence-corrected chi connectivity index (χ4v) is 7.40. The van der Waals surface area contributed by atoms with Crippen LogP contribution in [0, 0.1) is 22.7 Å². The van der Waals surface area contributed by atoms with Gasteiger partial charge < -0.3 is 14.2 Å². The van der Waals surface area contributed by atoms with E-state index in [4.69, 9.17) is 14.2 Å². The molecule has 0 spiro atoms. The zero-order valence-corrected chi connectivity index (χ0v) is 19.5. The summed E-state index contributed by atoms with van der Waals surface area (Å²) in [5.74, 6) is -1.02. The third-order valence-corrected chi connectivity index (χ3v) is 8.76. The van der Waals surface area contributed by atoms with Gasteiger partial charge in [-0.1, -0.05) is 30.2 Å². The Morgan fingerprint density at radius 1 is 1.22 bits per heavy atom. The molecule has 1 saturated heterocycles. The molecule has 5 aliphatic rings. The van der Waals surface area contributed by atoms with Gasteiger partial charge in [-0.25, -0.2) is 0 Å². The van der Waals surface area contributed by atoms with Gasteiger partial charge in [-0.3, -0.25) is 14.4 Å². The lowest BCUT2D eigenvalue weighted by molar-refractivity contribution is -0.206. The van der Waals surface area contributed by atoms with E-state index in [0.717, 1.165) is 19.3 Å². The molecule has 5 rings (SSSR count). The number of rotatable bonds is 3. The molecule has 4 aliphatic carbocycles. The predicted molar refractivity (Wildman–Crippen MR) is 116 cm³/mol. The molecule has 6 heteroatoms. The highest BCUT2D eigenvalue weighted by Crippen LogP contribution is 2.68. The third-order valence-electron chi connectivity index (χ3n) is 8.76. The summed E-state index contributed by atoms with van der Waals surface area (Å²) < 4.78 is 17.9. The van der Waals surface area contributed by atoms with E-state index in [1.807, 2.05) is 13.8 Å². The number of allylic oxidation sites excluding steroid dienone is 6. The molecular formula is C26H32O6. The first-order valence-electron chi connectivity index (χ1n) is 11.6. The summed E-state index contributed by atoms with van der Waals surface area (Å²) >= 11 is 0. The molecule has 0 bridgehead atoms. The number of esters is 1. The average molecular weight is 441 g/mol. The van der Waals surface area contributed by atoms with Crippen molar-refractivity contribution in [2.45, 2.75) is 77.8 Å². The van der Waals surface area contributed by atoms with E-state index in [0.29, 0.717) is 6.42 Å². The number of Topliss-reactive ketones (excluding diaryl/α,β-unsaturated/α-hetero) is 1. The van der Waals surface area contributed by atoms with Crippen LogP contribution in [0.5, 0.6) is 0 Å². The van der Waals surface area contributed by atoms with E-state index in [2.05, 4.69) is 26.0 Å². The van der Waals surface area contributed by atoms with Gasteiger partial charge in [0.15, 0.2) is 23.8 Å². The maximum atomic E-state index is 13.6. The smallest absolute Gasteiger partial charge is 0.303 e. The molecule has 0 amide bonds. The minimum absolute atomic E-state index is 0.0617. The summed E-state index contributed by atoms with van der Waals surface area (Å²) in [6.45, 7) is 9.05. The highest BCUT2D eigenvalue weighted by molar-refractivity contribution is 6.01. The first-order chi connectivity index (χ1) is 14.9.